The summed E-state index contributed by atoms with van der Waals surface area (Å²) in [6, 6.07) is 6.57. The third-order valence-electron chi connectivity index (χ3n) is 5.39. The number of fused-ring (bicyclic) bond motifs is 1. The zero-order valence-corrected chi connectivity index (χ0v) is 17.5. The minimum absolute atomic E-state index is 0.0205. The van der Waals surface area contributed by atoms with Gasteiger partial charge in [0.15, 0.2) is 0 Å². The normalized spacial score (nSPS) is 15.6. The van der Waals surface area contributed by atoms with Gasteiger partial charge in [-0.15, -0.1) is 0 Å². The molecule has 1 atom stereocenters. The van der Waals surface area contributed by atoms with E-state index in [-0.39, 0.29) is 29.8 Å². The monoisotopic (exact) mass is 424 g/mol. The SMILES string of the molecule is CC(=O)NC1CCN(c2nc3cc(F)ccc3cc2[C@H](C)Nc2ncnc(N)n2)CC1. The van der Waals surface area contributed by atoms with Gasteiger partial charge >= 0.3 is 0 Å². The van der Waals surface area contributed by atoms with Crippen molar-refractivity contribution in [3.63, 3.8) is 0 Å². The fourth-order valence-electron chi connectivity index (χ4n) is 3.89. The highest BCUT2D eigenvalue weighted by atomic mass is 19.1. The van der Waals surface area contributed by atoms with Crippen molar-refractivity contribution in [2.24, 2.45) is 0 Å². The predicted octanol–water partition coefficient (Wildman–Crippen LogP) is 2.42. The van der Waals surface area contributed by atoms with Crippen LogP contribution < -0.4 is 21.3 Å². The van der Waals surface area contributed by atoms with Crippen molar-refractivity contribution < 1.29 is 9.18 Å². The summed E-state index contributed by atoms with van der Waals surface area (Å²) >= 11 is 0. The molecule has 4 rings (SSSR count). The molecule has 0 aliphatic carbocycles. The number of carbonyl (C=O) groups is 1. The van der Waals surface area contributed by atoms with E-state index in [1.165, 1.54) is 25.4 Å². The molecule has 0 bridgehead atoms. The fourth-order valence-corrected chi connectivity index (χ4v) is 3.89. The molecule has 0 spiro atoms. The lowest BCUT2D eigenvalue weighted by Crippen LogP contribution is -2.44. The highest BCUT2D eigenvalue weighted by molar-refractivity contribution is 5.82. The number of piperidine rings is 1. The largest absolute Gasteiger partial charge is 0.368 e. The predicted molar refractivity (Wildman–Crippen MR) is 117 cm³/mol. The Morgan fingerprint density at radius 1 is 1.23 bits per heavy atom. The van der Waals surface area contributed by atoms with E-state index in [2.05, 4.69) is 30.5 Å². The van der Waals surface area contributed by atoms with Crippen LogP contribution in [-0.2, 0) is 4.79 Å². The number of benzene rings is 1. The minimum atomic E-state index is -0.324. The van der Waals surface area contributed by atoms with Crippen LogP contribution in [0.2, 0.25) is 0 Å². The van der Waals surface area contributed by atoms with Crippen LogP contribution in [0.1, 0.15) is 38.3 Å². The smallest absolute Gasteiger partial charge is 0.227 e. The fraction of sp³-hybridized carbons (Fsp3) is 0.381. The molecule has 0 unspecified atom stereocenters. The van der Waals surface area contributed by atoms with Crippen LogP contribution >= 0.6 is 0 Å². The van der Waals surface area contributed by atoms with Crippen molar-refractivity contribution in [1.82, 2.24) is 25.3 Å². The number of halogens is 1. The Morgan fingerprint density at radius 3 is 2.71 bits per heavy atom. The standard InChI is InChI=1S/C21H25FN8O/c1-12(26-21-25-11-24-20(23)29-21)17-9-14-3-4-15(22)10-18(14)28-19(17)30-7-5-16(6-8-30)27-13(2)31/h3-4,9-12,16H,5-8H2,1-2H3,(H,27,31)(H3,23,24,25,26,29)/t12-/m0/s1. The Balaban J connectivity index is 1.66. The van der Waals surface area contributed by atoms with Gasteiger partial charge in [0.25, 0.3) is 0 Å². The molecule has 10 heteroatoms. The molecule has 31 heavy (non-hydrogen) atoms. The van der Waals surface area contributed by atoms with Crippen LogP contribution in [0.15, 0.2) is 30.6 Å². The van der Waals surface area contributed by atoms with Crippen molar-refractivity contribution in [2.45, 2.75) is 38.8 Å². The van der Waals surface area contributed by atoms with Crippen molar-refractivity contribution in [2.75, 3.05) is 29.0 Å². The number of nitrogen functional groups attached to an aromatic ring is 1. The van der Waals surface area contributed by atoms with Gasteiger partial charge in [0, 0.05) is 43.1 Å². The van der Waals surface area contributed by atoms with Crippen molar-refractivity contribution in [3.8, 4) is 0 Å². The van der Waals surface area contributed by atoms with Crippen LogP contribution in [0.3, 0.4) is 0 Å². The lowest BCUT2D eigenvalue weighted by atomic mass is 10.0. The molecule has 0 saturated carbocycles. The Hall–Kier alpha value is -3.56. The minimum Gasteiger partial charge on any atom is -0.368 e. The number of nitrogens with two attached hydrogens (primary N) is 1. The highest BCUT2D eigenvalue weighted by Gasteiger charge is 2.25. The number of hydrogen-bond donors (Lipinski definition) is 3. The molecular weight excluding hydrogens is 399 g/mol. The molecule has 1 amide bonds. The number of aromatic nitrogens is 4. The molecule has 1 saturated heterocycles. The van der Waals surface area contributed by atoms with Crippen molar-refractivity contribution >= 4 is 34.5 Å². The average Bonchev–Trinajstić information content (AvgIpc) is 2.73. The summed E-state index contributed by atoms with van der Waals surface area (Å²) in [7, 11) is 0. The van der Waals surface area contributed by atoms with Gasteiger partial charge in [-0.1, -0.05) is 0 Å². The second kappa shape index (κ2) is 8.66. The first-order chi connectivity index (χ1) is 14.9. The van der Waals surface area contributed by atoms with E-state index in [1.807, 2.05) is 13.0 Å². The first-order valence-corrected chi connectivity index (χ1v) is 10.2. The summed E-state index contributed by atoms with van der Waals surface area (Å²) in [6.07, 6.45) is 2.98. The van der Waals surface area contributed by atoms with Gasteiger partial charge in [0.05, 0.1) is 11.6 Å². The zero-order chi connectivity index (χ0) is 22.0. The molecule has 0 radical (unpaired) electrons. The quantitative estimate of drug-likeness (QED) is 0.571. The third-order valence-corrected chi connectivity index (χ3v) is 5.39. The number of rotatable bonds is 5. The van der Waals surface area contributed by atoms with E-state index in [1.54, 1.807) is 6.07 Å². The Bertz CT molecular complexity index is 1100. The second-order valence-electron chi connectivity index (χ2n) is 7.73. The van der Waals surface area contributed by atoms with Crippen molar-refractivity contribution in [3.05, 3.63) is 42.0 Å². The third kappa shape index (κ3) is 4.79. The number of anilines is 3. The molecule has 9 nitrogen and oxygen atoms in total. The number of nitrogens with one attached hydrogen (secondary N) is 2. The Morgan fingerprint density at radius 2 is 2.00 bits per heavy atom. The van der Waals surface area contributed by atoms with E-state index in [0.717, 1.165) is 42.7 Å². The summed E-state index contributed by atoms with van der Waals surface area (Å²) in [5.41, 5.74) is 7.20. The van der Waals surface area contributed by atoms with Gasteiger partial charge in [-0.3, -0.25) is 4.79 Å². The summed E-state index contributed by atoms with van der Waals surface area (Å²) in [6.45, 7) is 4.99. The highest BCUT2D eigenvalue weighted by Crippen LogP contribution is 2.32. The van der Waals surface area contributed by atoms with Crippen LogP contribution in [0.25, 0.3) is 10.9 Å². The molecule has 1 aromatic carbocycles. The molecule has 1 aliphatic heterocycles. The Kier molecular flexibility index (Phi) is 5.79. The number of pyridine rings is 1. The van der Waals surface area contributed by atoms with Gasteiger partial charge in [0.2, 0.25) is 17.8 Å². The summed E-state index contributed by atoms with van der Waals surface area (Å²) in [5, 5.41) is 7.08. The molecule has 2 aromatic heterocycles. The van der Waals surface area contributed by atoms with Crippen molar-refractivity contribution in [1.29, 1.82) is 0 Å². The van der Waals surface area contributed by atoms with Gasteiger partial charge in [-0.2, -0.15) is 4.98 Å². The number of hydrogen-bond acceptors (Lipinski definition) is 8. The van der Waals surface area contributed by atoms with Crippen LogP contribution in [0, 0.1) is 5.82 Å². The molecule has 3 heterocycles. The van der Waals surface area contributed by atoms with Gasteiger partial charge < -0.3 is 21.3 Å². The van der Waals surface area contributed by atoms with Crippen LogP contribution in [0.5, 0.6) is 0 Å². The number of amides is 1. The van der Waals surface area contributed by atoms with E-state index in [4.69, 9.17) is 10.7 Å². The first-order valence-electron chi connectivity index (χ1n) is 10.2. The zero-order valence-electron chi connectivity index (χ0n) is 17.5. The maximum absolute atomic E-state index is 13.8. The lowest BCUT2D eigenvalue weighted by Gasteiger charge is -2.35. The maximum Gasteiger partial charge on any atom is 0.227 e. The average molecular weight is 424 g/mol. The molecule has 162 valence electrons. The topological polar surface area (TPSA) is 122 Å². The second-order valence-corrected chi connectivity index (χ2v) is 7.73. The lowest BCUT2D eigenvalue weighted by molar-refractivity contribution is -0.119. The van der Waals surface area contributed by atoms with E-state index < -0.39 is 0 Å². The van der Waals surface area contributed by atoms with E-state index >= 15 is 0 Å². The number of nitrogens with zero attached hydrogens (tertiary/aromatic N) is 5. The Labute approximate surface area is 179 Å². The summed E-state index contributed by atoms with van der Waals surface area (Å²) in [4.78, 5) is 30.4. The molecular formula is C21H25FN8O. The van der Waals surface area contributed by atoms with Gasteiger partial charge in [-0.25, -0.2) is 19.3 Å². The van der Waals surface area contributed by atoms with E-state index in [9.17, 15) is 9.18 Å². The molecule has 4 N–H and O–H groups in total. The van der Waals surface area contributed by atoms with E-state index in [0.29, 0.717) is 11.5 Å². The number of carbonyl (C=O) groups excluding carboxylic acids is 1. The molecule has 1 aliphatic rings. The van der Waals surface area contributed by atoms with Crippen LogP contribution in [0.4, 0.5) is 22.1 Å². The summed E-state index contributed by atoms with van der Waals surface area (Å²) < 4.78 is 13.8. The van der Waals surface area contributed by atoms with Gasteiger partial charge in [-0.05, 0) is 38.0 Å². The molecule has 3 aromatic rings. The van der Waals surface area contributed by atoms with Gasteiger partial charge in [0.1, 0.15) is 18.0 Å². The summed E-state index contributed by atoms with van der Waals surface area (Å²) in [5.74, 6) is 0.941. The van der Waals surface area contributed by atoms with Crippen LogP contribution in [-0.4, -0.2) is 45.0 Å². The first kappa shape index (κ1) is 20.7. The molecule has 1 fully saturated rings. The maximum atomic E-state index is 13.8.